The summed E-state index contributed by atoms with van der Waals surface area (Å²) in [5.74, 6) is -0.673. The zero-order chi connectivity index (χ0) is 12.9. The Kier molecular flexibility index (Phi) is 5.40. The molecule has 1 rings (SSSR count). The molecule has 1 aliphatic rings. The summed E-state index contributed by atoms with van der Waals surface area (Å²) in [5.41, 5.74) is -0.907. The highest BCUT2D eigenvalue weighted by Gasteiger charge is 2.43. The van der Waals surface area contributed by atoms with Gasteiger partial charge in [0.2, 0.25) is 0 Å². The van der Waals surface area contributed by atoms with Crippen LogP contribution in [-0.4, -0.2) is 36.5 Å². The van der Waals surface area contributed by atoms with Gasteiger partial charge in [0.15, 0.2) is 0 Å². The molecule has 0 aromatic rings. The molecular formula is C13H24O4. The molecule has 100 valence electrons. The van der Waals surface area contributed by atoms with Crippen LogP contribution < -0.4 is 0 Å². The maximum absolute atomic E-state index is 11.8. The molecule has 0 saturated heterocycles. The number of methoxy groups -OCH3 is 1. The molecular weight excluding hydrogens is 220 g/mol. The van der Waals surface area contributed by atoms with E-state index >= 15 is 0 Å². The van der Waals surface area contributed by atoms with Crippen LogP contribution in [0, 0.1) is 5.92 Å². The lowest BCUT2D eigenvalue weighted by Crippen LogP contribution is -2.46. The molecule has 0 bridgehead atoms. The average molecular weight is 244 g/mol. The number of ether oxygens (including phenoxy) is 2. The predicted molar refractivity (Wildman–Crippen MR) is 64.6 cm³/mol. The molecule has 0 aromatic carbocycles. The van der Waals surface area contributed by atoms with Gasteiger partial charge in [-0.15, -0.1) is 0 Å². The van der Waals surface area contributed by atoms with E-state index in [0.29, 0.717) is 25.9 Å². The fraction of sp³-hybridized carbons (Fsp3) is 0.923. The Hall–Kier alpha value is -0.610. The molecule has 0 aliphatic heterocycles. The molecule has 0 aromatic heterocycles. The lowest BCUT2D eigenvalue weighted by molar-refractivity contribution is -0.163. The lowest BCUT2D eigenvalue weighted by atomic mass is 9.73. The topological polar surface area (TPSA) is 55.8 Å². The molecule has 1 N–H and O–H groups in total. The number of hydrogen-bond donors (Lipinski definition) is 1. The van der Waals surface area contributed by atoms with Crippen LogP contribution in [0.15, 0.2) is 0 Å². The van der Waals surface area contributed by atoms with E-state index in [9.17, 15) is 9.90 Å². The van der Waals surface area contributed by atoms with E-state index in [-0.39, 0.29) is 12.1 Å². The Morgan fingerprint density at radius 3 is 2.41 bits per heavy atom. The molecule has 1 unspecified atom stereocenters. The van der Waals surface area contributed by atoms with Crippen LogP contribution in [0.3, 0.4) is 0 Å². The molecule has 0 amide bonds. The number of aliphatic hydroxyl groups is 1. The van der Waals surface area contributed by atoms with Crippen molar-refractivity contribution in [1.29, 1.82) is 0 Å². The Balaban J connectivity index is 2.64. The van der Waals surface area contributed by atoms with Crippen LogP contribution in [0.2, 0.25) is 0 Å². The Morgan fingerprint density at radius 2 is 2.00 bits per heavy atom. The summed E-state index contributed by atoms with van der Waals surface area (Å²) in [7, 11) is 1.69. The van der Waals surface area contributed by atoms with Gasteiger partial charge in [-0.1, -0.05) is 6.92 Å². The van der Waals surface area contributed by atoms with Gasteiger partial charge < -0.3 is 14.6 Å². The summed E-state index contributed by atoms with van der Waals surface area (Å²) in [5, 5.41) is 10.6. The van der Waals surface area contributed by atoms with Crippen LogP contribution in [0.5, 0.6) is 0 Å². The standard InChI is InChI=1S/C13H24O4/c1-4-11(12(14)17-5-2)13(15)8-6-10(16-3)7-9-13/h10-11,15H,4-9H2,1-3H3. The monoisotopic (exact) mass is 244 g/mol. The summed E-state index contributed by atoms with van der Waals surface area (Å²) >= 11 is 0. The lowest BCUT2D eigenvalue weighted by Gasteiger charge is -2.39. The smallest absolute Gasteiger partial charge is 0.311 e. The maximum atomic E-state index is 11.8. The van der Waals surface area contributed by atoms with Crippen molar-refractivity contribution in [2.75, 3.05) is 13.7 Å². The Bertz CT molecular complexity index is 244. The van der Waals surface area contributed by atoms with Gasteiger partial charge in [-0.25, -0.2) is 0 Å². The van der Waals surface area contributed by atoms with E-state index < -0.39 is 11.5 Å². The van der Waals surface area contributed by atoms with Gasteiger partial charge in [0.05, 0.1) is 24.2 Å². The van der Waals surface area contributed by atoms with Gasteiger partial charge in [-0.2, -0.15) is 0 Å². The van der Waals surface area contributed by atoms with Gasteiger partial charge in [-0.3, -0.25) is 4.79 Å². The van der Waals surface area contributed by atoms with E-state index in [0.717, 1.165) is 12.8 Å². The van der Waals surface area contributed by atoms with Gasteiger partial charge in [0.25, 0.3) is 0 Å². The normalized spacial score (nSPS) is 30.9. The molecule has 0 spiro atoms. The molecule has 0 radical (unpaired) electrons. The number of carbonyl (C=O) groups excluding carboxylic acids is 1. The quantitative estimate of drug-likeness (QED) is 0.750. The van der Waals surface area contributed by atoms with Crippen LogP contribution in [0.1, 0.15) is 46.0 Å². The van der Waals surface area contributed by atoms with Crippen molar-refractivity contribution in [3.63, 3.8) is 0 Å². The summed E-state index contributed by atoms with van der Waals surface area (Å²) in [4.78, 5) is 11.8. The maximum Gasteiger partial charge on any atom is 0.311 e. The first-order valence-electron chi connectivity index (χ1n) is 6.49. The highest BCUT2D eigenvalue weighted by molar-refractivity contribution is 5.73. The molecule has 1 atom stereocenters. The first-order chi connectivity index (χ1) is 8.07. The van der Waals surface area contributed by atoms with Crippen LogP contribution in [-0.2, 0) is 14.3 Å². The van der Waals surface area contributed by atoms with Crippen molar-refractivity contribution in [3.8, 4) is 0 Å². The molecule has 1 saturated carbocycles. The first kappa shape index (κ1) is 14.5. The summed E-state index contributed by atoms with van der Waals surface area (Å²) in [6, 6.07) is 0. The van der Waals surface area contributed by atoms with Crippen LogP contribution >= 0.6 is 0 Å². The zero-order valence-electron chi connectivity index (χ0n) is 11.1. The molecule has 1 aliphatic carbocycles. The second-order valence-electron chi connectivity index (χ2n) is 4.75. The zero-order valence-corrected chi connectivity index (χ0v) is 11.1. The highest BCUT2D eigenvalue weighted by Crippen LogP contribution is 2.37. The molecule has 4 heteroatoms. The van der Waals surface area contributed by atoms with Crippen molar-refractivity contribution in [1.82, 2.24) is 0 Å². The number of hydrogen-bond acceptors (Lipinski definition) is 4. The average Bonchev–Trinajstić information content (AvgIpc) is 2.31. The number of carbonyl (C=O) groups is 1. The van der Waals surface area contributed by atoms with Crippen LogP contribution in [0.25, 0.3) is 0 Å². The van der Waals surface area contributed by atoms with Crippen molar-refractivity contribution >= 4 is 5.97 Å². The molecule has 1 fully saturated rings. The highest BCUT2D eigenvalue weighted by atomic mass is 16.5. The molecule has 17 heavy (non-hydrogen) atoms. The van der Waals surface area contributed by atoms with Crippen LogP contribution in [0.4, 0.5) is 0 Å². The van der Waals surface area contributed by atoms with Crippen molar-refractivity contribution in [3.05, 3.63) is 0 Å². The minimum absolute atomic E-state index is 0.218. The summed E-state index contributed by atoms with van der Waals surface area (Å²) < 4.78 is 10.3. The van der Waals surface area contributed by atoms with E-state index in [1.54, 1.807) is 14.0 Å². The van der Waals surface area contributed by atoms with Gasteiger partial charge in [0.1, 0.15) is 0 Å². The number of rotatable bonds is 5. The van der Waals surface area contributed by atoms with Gasteiger partial charge >= 0.3 is 5.97 Å². The second kappa shape index (κ2) is 6.36. The van der Waals surface area contributed by atoms with Crippen molar-refractivity contribution in [2.45, 2.75) is 57.7 Å². The Morgan fingerprint density at radius 1 is 1.41 bits per heavy atom. The largest absolute Gasteiger partial charge is 0.466 e. The third kappa shape index (κ3) is 3.42. The third-order valence-electron chi connectivity index (χ3n) is 3.76. The van der Waals surface area contributed by atoms with Gasteiger partial charge in [-0.05, 0) is 39.0 Å². The third-order valence-corrected chi connectivity index (χ3v) is 3.76. The fourth-order valence-corrected chi connectivity index (χ4v) is 2.68. The van der Waals surface area contributed by atoms with E-state index in [4.69, 9.17) is 9.47 Å². The minimum Gasteiger partial charge on any atom is -0.466 e. The predicted octanol–water partition coefficient (Wildman–Crippen LogP) is 1.90. The Labute approximate surface area is 103 Å². The summed E-state index contributed by atoms with van der Waals surface area (Å²) in [6.07, 6.45) is 3.68. The van der Waals surface area contributed by atoms with E-state index in [1.165, 1.54) is 0 Å². The minimum atomic E-state index is -0.907. The fourth-order valence-electron chi connectivity index (χ4n) is 2.68. The second-order valence-corrected chi connectivity index (χ2v) is 4.75. The first-order valence-corrected chi connectivity index (χ1v) is 6.49. The summed E-state index contributed by atoms with van der Waals surface area (Å²) in [6.45, 7) is 4.07. The van der Waals surface area contributed by atoms with E-state index in [2.05, 4.69) is 0 Å². The van der Waals surface area contributed by atoms with Crippen molar-refractivity contribution in [2.24, 2.45) is 5.92 Å². The van der Waals surface area contributed by atoms with Crippen molar-refractivity contribution < 1.29 is 19.4 Å². The SMILES string of the molecule is CCOC(=O)C(CC)C1(O)CCC(OC)CC1. The number of esters is 1. The molecule has 4 nitrogen and oxygen atoms in total. The van der Waals surface area contributed by atoms with Gasteiger partial charge in [0, 0.05) is 7.11 Å². The van der Waals surface area contributed by atoms with E-state index in [1.807, 2.05) is 6.92 Å². The molecule has 0 heterocycles.